The summed E-state index contributed by atoms with van der Waals surface area (Å²) in [5, 5.41) is 9.02. The lowest BCUT2D eigenvalue weighted by molar-refractivity contribution is 0.0525. The third-order valence-corrected chi connectivity index (χ3v) is 3.37. The predicted molar refractivity (Wildman–Crippen MR) is 65.2 cm³/mol. The fourth-order valence-electron chi connectivity index (χ4n) is 2.60. The predicted octanol–water partition coefficient (Wildman–Crippen LogP) is 2.28. The Bertz CT molecular complexity index is 412. The minimum atomic E-state index is -0.228. The van der Waals surface area contributed by atoms with Crippen LogP contribution in [0, 0.1) is 0 Å². The molecule has 0 spiro atoms. The van der Waals surface area contributed by atoms with Crippen molar-refractivity contribution in [1.82, 2.24) is 0 Å². The molecule has 0 radical (unpaired) electrons. The molecule has 1 aromatic rings. The van der Waals surface area contributed by atoms with Gasteiger partial charge in [-0.15, -0.1) is 0 Å². The zero-order valence-electron chi connectivity index (χ0n) is 10.1. The van der Waals surface area contributed by atoms with E-state index in [1.54, 1.807) is 0 Å². The summed E-state index contributed by atoms with van der Waals surface area (Å²) >= 11 is 0. The molecule has 3 nitrogen and oxygen atoms in total. The normalized spacial score (nSPS) is 17.9. The fraction of sp³-hybridized carbons (Fsp3) is 0.500. The van der Waals surface area contributed by atoms with E-state index < -0.39 is 0 Å². The van der Waals surface area contributed by atoms with Gasteiger partial charge in [0.25, 0.3) is 0 Å². The number of hydrogen-bond acceptors (Lipinski definition) is 3. The Hall–Kier alpha value is -1.35. The summed E-state index contributed by atoms with van der Waals surface area (Å²) in [6.07, 6.45) is 2.71. The van der Waals surface area contributed by atoms with Crippen molar-refractivity contribution in [3.8, 4) is 0 Å². The number of ether oxygens (including phenoxy) is 1. The van der Waals surface area contributed by atoms with Gasteiger partial charge in [-0.3, -0.25) is 0 Å². The minimum Gasteiger partial charge on any atom is -0.462 e. The molecule has 17 heavy (non-hydrogen) atoms. The van der Waals surface area contributed by atoms with Crippen molar-refractivity contribution < 1.29 is 14.6 Å². The molecule has 1 aliphatic carbocycles. The summed E-state index contributed by atoms with van der Waals surface area (Å²) in [6, 6.07) is 5.80. The van der Waals surface area contributed by atoms with Gasteiger partial charge < -0.3 is 9.84 Å². The van der Waals surface area contributed by atoms with E-state index in [0.717, 1.165) is 24.8 Å². The highest BCUT2D eigenvalue weighted by Crippen LogP contribution is 2.37. The summed E-state index contributed by atoms with van der Waals surface area (Å²) in [7, 11) is 0. The molecule has 1 atom stereocenters. The van der Waals surface area contributed by atoms with Crippen molar-refractivity contribution >= 4 is 5.97 Å². The van der Waals surface area contributed by atoms with Crippen molar-refractivity contribution in [2.24, 2.45) is 0 Å². The fourth-order valence-corrected chi connectivity index (χ4v) is 2.60. The number of carbonyl (C=O) groups excluding carboxylic acids is 1. The monoisotopic (exact) mass is 234 g/mol. The van der Waals surface area contributed by atoms with Crippen LogP contribution in [-0.4, -0.2) is 24.3 Å². The van der Waals surface area contributed by atoms with Crippen LogP contribution in [-0.2, 0) is 11.2 Å². The SMILES string of the molecule is CCOC(=O)c1cccc2c1CC[C@@H]2CCO. The van der Waals surface area contributed by atoms with Crippen LogP contribution in [0.3, 0.4) is 0 Å². The number of aliphatic hydroxyl groups is 1. The molecule has 3 heteroatoms. The first-order valence-electron chi connectivity index (χ1n) is 6.17. The summed E-state index contributed by atoms with van der Waals surface area (Å²) in [5.74, 6) is 0.165. The number of rotatable bonds is 4. The van der Waals surface area contributed by atoms with Crippen LogP contribution in [0.1, 0.15) is 47.2 Å². The number of esters is 1. The van der Waals surface area contributed by atoms with Gasteiger partial charge in [0.1, 0.15) is 0 Å². The lowest BCUT2D eigenvalue weighted by Crippen LogP contribution is -2.08. The quantitative estimate of drug-likeness (QED) is 0.813. The van der Waals surface area contributed by atoms with Crippen molar-refractivity contribution in [3.63, 3.8) is 0 Å². The van der Waals surface area contributed by atoms with E-state index in [-0.39, 0.29) is 12.6 Å². The molecule has 0 fully saturated rings. The maximum atomic E-state index is 11.8. The van der Waals surface area contributed by atoms with Gasteiger partial charge in [0.15, 0.2) is 0 Å². The van der Waals surface area contributed by atoms with E-state index in [9.17, 15) is 4.79 Å². The Morgan fingerprint density at radius 2 is 2.35 bits per heavy atom. The topological polar surface area (TPSA) is 46.5 Å². The second-order valence-corrected chi connectivity index (χ2v) is 4.34. The number of fused-ring (bicyclic) bond motifs is 1. The average Bonchev–Trinajstić information content (AvgIpc) is 2.73. The minimum absolute atomic E-state index is 0.202. The van der Waals surface area contributed by atoms with Crippen LogP contribution in [0.4, 0.5) is 0 Å². The molecule has 0 heterocycles. The van der Waals surface area contributed by atoms with Crippen LogP contribution in [0.5, 0.6) is 0 Å². The smallest absolute Gasteiger partial charge is 0.338 e. The molecule has 92 valence electrons. The lowest BCUT2D eigenvalue weighted by atomic mass is 9.96. The molecular weight excluding hydrogens is 216 g/mol. The Labute approximate surface area is 101 Å². The van der Waals surface area contributed by atoms with Crippen molar-refractivity contribution in [3.05, 3.63) is 34.9 Å². The van der Waals surface area contributed by atoms with Gasteiger partial charge in [-0.1, -0.05) is 12.1 Å². The largest absolute Gasteiger partial charge is 0.462 e. The molecule has 0 amide bonds. The third kappa shape index (κ3) is 2.34. The maximum Gasteiger partial charge on any atom is 0.338 e. The maximum absolute atomic E-state index is 11.8. The van der Waals surface area contributed by atoms with E-state index in [1.807, 2.05) is 19.1 Å². The van der Waals surface area contributed by atoms with Gasteiger partial charge in [0.2, 0.25) is 0 Å². The Balaban J connectivity index is 2.29. The summed E-state index contributed by atoms with van der Waals surface area (Å²) in [5.41, 5.74) is 3.03. The molecule has 0 aliphatic heterocycles. The standard InChI is InChI=1S/C14H18O3/c1-2-17-14(16)13-5-3-4-11-10(8-9-15)6-7-12(11)13/h3-5,10,15H,2,6-9H2,1H3/t10-/m1/s1. The number of aliphatic hydroxyl groups excluding tert-OH is 1. The number of hydrogen-bond donors (Lipinski definition) is 1. The highest BCUT2D eigenvalue weighted by atomic mass is 16.5. The van der Waals surface area contributed by atoms with E-state index in [4.69, 9.17) is 9.84 Å². The molecule has 0 saturated carbocycles. The highest BCUT2D eigenvalue weighted by molar-refractivity contribution is 5.91. The first-order chi connectivity index (χ1) is 8.27. The van der Waals surface area contributed by atoms with Gasteiger partial charge in [-0.2, -0.15) is 0 Å². The van der Waals surface area contributed by atoms with Crippen LogP contribution >= 0.6 is 0 Å². The van der Waals surface area contributed by atoms with Crippen LogP contribution in [0.15, 0.2) is 18.2 Å². The second-order valence-electron chi connectivity index (χ2n) is 4.34. The van der Waals surface area contributed by atoms with Gasteiger partial charge >= 0.3 is 5.97 Å². The Morgan fingerprint density at radius 3 is 3.06 bits per heavy atom. The van der Waals surface area contributed by atoms with E-state index in [2.05, 4.69) is 6.07 Å². The van der Waals surface area contributed by atoms with Crippen molar-refractivity contribution in [2.45, 2.75) is 32.1 Å². The van der Waals surface area contributed by atoms with Crippen LogP contribution in [0.2, 0.25) is 0 Å². The van der Waals surface area contributed by atoms with Gasteiger partial charge in [-0.05, 0) is 49.3 Å². The highest BCUT2D eigenvalue weighted by Gasteiger charge is 2.26. The summed E-state index contributed by atoms with van der Waals surface area (Å²) in [4.78, 5) is 11.8. The number of benzene rings is 1. The average molecular weight is 234 g/mol. The molecule has 0 saturated heterocycles. The van der Waals surface area contributed by atoms with E-state index >= 15 is 0 Å². The van der Waals surface area contributed by atoms with E-state index in [0.29, 0.717) is 18.1 Å². The molecule has 1 aromatic carbocycles. The Morgan fingerprint density at radius 1 is 1.53 bits per heavy atom. The molecule has 1 N–H and O–H groups in total. The van der Waals surface area contributed by atoms with Gasteiger partial charge in [-0.25, -0.2) is 4.79 Å². The molecule has 1 aliphatic rings. The zero-order valence-corrected chi connectivity index (χ0v) is 10.1. The third-order valence-electron chi connectivity index (χ3n) is 3.37. The van der Waals surface area contributed by atoms with Gasteiger partial charge in [0.05, 0.1) is 12.2 Å². The second kappa shape index (κ2) is 5.32. The van der Waals surface area contributed by atoms with Crippen LogP contribution in [0.25, 0.3) is 0 Å². The van der Waals surface area contributed by atoms with Crippen molar-refractivity contribution in [2.75, 3.05) is 13.2 Å². The van der Waals surface area contributed by atoms with Gasteiger partial charge in [0, 0.05) is 6.61 Å². The first-order valence-corrected chi connectivity index (χ1v) is 6.17. The zero-order chi connectivity index (χ0) is 12.3. The molecule has 2 rings (SSSR count). The van der Waals surface area contributed by atoms with E-state index in [1.165, 1.54) is 5.56 Å². The molecule has 0 aromatic heterocycles. The molecule has 0 unspecified atom stereocenters. The lowest BCUT2D eigenvalue weighted by Gasteiger charge is -2.11. The van der Waals surface area contributed by atoms with Crippen LogP contribution < -0.4 is 0 Å². The molecular formula is C14H18O3. The summed E-state index contributed by atoms with van der Waals surface area (Å²) < 4.78 is 5.06. The Kier molecular flexibility index (Phi) is 3.79. The summed E-state index contributed by atoms with van der Waals surface area (Å²) in [6.45, 7) is 2.42. The molecule has 0 bridgehead atoms. The number of carbonyl (C=O) groups is 1. The van der Waals surface area contributed by atoms with Crippen molar-refractivity contribution in [1.29, 1.82) is 0 Å². The first kappa shape index (κ1) is 12.1.